The molecule has 1 N–H and O–H groups in total. The van der Waals surface area contributed by atoms with Crippen molar-refractivity contribution >= 4 is 0 Å². The smallest absolute Gasteiger partial charge is 0.267 e. The number of hydrogen-bond donors (Lipinski definition) is 1. The van der Waals surface area contributed by atoms with Crippen LogP contribution in [0, 0.1) is 6.92 Å². The molecule has 0 radical (unpaired) electrons. The quantitative estimate of drug-likeness (QED) is 0.899. The third-order valence-electron chi connectivity index (χ3n) is 2.83. The van der Waals surface area contributed by atoms with Crippen molar-refractivity contribution in [2.24, 2.45) is 0 Å². The van der Waals surface area contributed by atoms with E-state index in [4.69, 9.17) is 4.74 Å². The van der Waals surface area contributed by atoms with E-state index in [1.807, 2.05) is 0 Å². The van der Waals surface area contributed by atoms with Gasteiger partial charge in [0.2, 0.25) is 0 Å². The highest BCUT2D eigenvalue weighted by Gasteiger charge is 2.11. The summed E-state index contributed by atoms with van der Waals surface area (Å²) < 4.78 is 6.35. The molecule has 0 saturated carbocycles. The molecule has 1 heterocycles. The average molecular weight is 260 g/mol. The van der Waals surface area contributed by atoms with Gasteiger partial charge in [0.05, 0.1) is 26.0 Å². The van der Waals surface area contributed by atoms with E-state index in [-0.39, 0.29) is 12.1 Å². The summed E-state index contributed by atoms with van der Waals surface area (Å²) in [5, 5.41) is 14.1. The molecule has 1 aromatic heterocycles. The number of rotatable bonds is 4. The van der Waals surface area contributed by atoms with Crippen molar-refractivity contribution in [2.75, 3.05) is 7.11 Å². The Kier molecular flexibility index (Phi) is 3.97. The SMILES string of the molecule is COc1cccc(C(O)Cn2ncc(C)cc2=O)c1. The summed E-state index contributed by atoms with van der Waals surface area (Å²) in [7, 11) is 1.57. The highest BCUT2D eigenvalue weighted by Crippen LogP contribution is 2.19. The molecule has 1 unspecified atom stereocenters. The molecule has 5 nitrogen and oxygen atoms in total. The molecule has 0 saturated heterocycles. The van der Waals surface area contributed by atoms with Crippen LogP contribution in [0.4, 0.5) is 0 Å². The van der Waals surface area contributed by atoms with Crippen molar-refractivity contribution < 1.29 is 9.84 Å². The van der Waals surface area contributed by atoms with Crippen LogP contribution in [0.1, 0.15) is 17.2 Å². The maximum Gasteiger partial charge on any atom is 0.267 e. The zero-order valence-electron chi connectivity index (χ0n) is 10.9. The number of aliphatic hydroxyl groups excluding tert-OH is 1. The molecule has 19 heavy (non-hydrogen) atoms. The summed E-state index contributed by atoms with van der Waals surface area (Å²) in [5.41, 5.74) is 1.27. The molecule has 0 aliphatic rings. The fraction of sp³-hybridized carbons (Fsp3) is 0.286. The molecule has 0 aliphatic heterocycles. The number of benzene rings is 1. The summed E-state index contributed by atoms with van der Waals surface area (Å²) in [6.45, 7) is 1.92. The monoisotopic (exact) mass is 260 g/mol. The number of methoxy groups -OCH3 is 1. The summed E-state index contributed by atoms with van der Waals surface area (Å²) >= 11 is 0. The first-order valence-corrected chi connectivity index (χ1v) is 5.96. The number of hydrogen-bond acceptors (Lipinski definition) is 4. The third kappa shape index (κ3) is 3.20. The van der Waals surface area contributed by atoms with E-state index in [0.717, 1.165) is 5.56 Å². The average Bonchev–Trinajstić information content (AvgIpc) is 2.42. The van der Waals surface area contributed by atoms with E-state index < -0.39 is 6.10 Å². The fourth-order valence-electron chi connectivity index (χ4n) is 1.78. The van der Waals surface area contributed by atoms with Crippen molar-refractivity contribution in [3.8, 4) is 5.75 Å². The molecule has 2 rings (SSSR count). The van der Waals surface area contributed by atoms with Crippen LogP contribution in [0.15, 0.2) is 41.3 Å². The number of ether oxygens (including phenoxy) is 1. The normalized spacial score (nSPS) is 12.2. The Morgan fingerprint density at radius 3 is 2.89 bits per heavy atom. The largest absolute Gasteiger partial charge is 0.497 e. The number of aliphatic hydroxyl groups is 1. The van der Waals surface area contributed by atoms with Crippen LogP contribution < -0.4 is 10.3 Å². The molecular formula is C14H16N2O3. The Morgan fingerprint density at radius 2 is 2.21 bits per heavy atom. The molecule has 0 fully saturated rings. The lowest BCUT2D eigenvalue weighted by atomic mass is 10.1. The molecule has 0 spiro atoms. The molecule has 2 aromatic rings. The minimum atomic E-state index is -0.803. The van der Waals surface area contributed by atoms with Gasteiger partial charge in [0, 0.05) is 6.07 Å². The van der Waals surface area contributed by atoms with Crippen LogP contribution in [-0.2, 0) is 6.54 Å². The van der Waals surface area contributed by atoms with Gasteiger partial charge in [-0.3, -0.25) is 4.79 Å². The first kappa shape index (κ1) is 13.3. The van der Waals surface area contributed by atoms with E-state index >= 15 is 0 Å². The molecule has 1 aromatic carbocycles. The standard InChI is InChI=1S/C14H16N2O3/c1-10-6-14(18)16(15-8-10)9-13(17)11-4-3-5-12(7-11)19-2/h3-8,13,17H,9H2,1-2H3. The highest BCUT2D eigenvalue weighted by atomic mass is 16.5. The second kappa shape index (κ2) is 5.67. The molecular weight excluding hydrogens is 244 g/mol. The number of aromatic nitrogens is 2. The number of aryl methyl sites for hydroxylation is 1. The molecule has 1 atom stereocenters. The maximum atomic E-state index is 11.7. The Balaban J connectivity index is 2.20. The Bertz CT molecular complexity index is 622. The van der Waals surface area contributed by atoms with E-state index in [1.54, 1.807) is 44.5 Å². The van der Waals surface area contributed by atoms with Crippen molar-refractivity contribution in [3.63, 3.8) is 0 Å². The third-order valence-corrected chi connectivity index (χ3v) is 2.83. The molecule has 5 heteroatoms. The number of nitrogens with zero attached hydrogens (tertiary/aromatic N) is 2. The van der Waals surface area contributed by atoms with Gasteiger partial charge in [-0.1, -0.05) is 12.1 Å². The van der Waals surface area contributed by atoms with Gasteiger partial charge in [0.25, 0.3) is 5.56 Å². The van der Waals surface area contributed by atoms with Gasteiger partial charge in [-0.25, -0.2) is 4.68 Å². The predicted molar refractivity (Wildman–Crippen MR) is 71.2 cm³/mol. The Labute approximate surface area is 111 Å². The summed E-state index contributed by atoms with van der Waals surface area (Å²) in [6.07, 6.45) is 0.794. The van der Waals surface area contributed by atoms with Crippen molar-refractivity contribution in [3.05, 3.63) is 58.0 Å². The van der Waals surface area contributed by atoms with Crippen LogP contribution >= 0.6 is 0 Å². The van der Waals surface area contributed by atoms with E-state index in [2.05, 4.69) is 5.10 Å². The van der Waals surface area contributed by atoms with Crippen LogP contribution in [-0.4, -0.2) is 22.0 Å². The Morgan fingerprint density at radius 1 is 1.42 bits per heavy atom. The lowest BCUT2D eigenvalue weighted by Crippen LogP contribution is -2.25. The second-order valence-electron chi connectivity index (χ2n) is 4.35. The minimum absolute atomic E-state index is 0.117. The van der Waals surface area contributed by atoms with Gasteiger partial charge in [0.1, 0.15) is 5.75 Å². The zero-order chi connectivity index (χ0) is 13.8. The van der Waals surface area contributed by atoms with Gasteiger partial charge in [-0.15, -0.1) is 0 Å². The summed E-state index contributed by atoms with van der Waals surface area (Å²) in [4.78, 5) is 11.7. The van der Waals surface area contributed by atoms with E-state index in [0.29, 0.717) is 11.3 Å². The maximum absolute atomic E-state index is 11.7. The van der Waals surface area contributed by atoms with Crippen molar-refractivity contribution in [1.82, 2.24) is 9.78 Å². The fourth-order valence-corrected chi connectivity index (χ4v) is 1.78. The van der Waals surface area contributed by atoms with Gasteiger partial charge in [-0.2, -0.15) is 5.10 Å². The highest BCUT2D eigenvalue weighted by molar-refractivity contribution is 5.29. The van der Waals surface area contributed by atoms with E-state index in [1.165, 1.54) is 10.7 Å². The Hall–Kier alpha value is -2.14. The first-order chi connectivity index (χ1) is 9.10. The van der Waals surface area contributed by atoms with Crippen molar-refractivity contribution in [1.29, 1.82) is 0 Å². The van der Waals surface area contributed by atoms with Gasteiger partial charge in [0.15, 0.2) is 0 Å². The topological polar surface area (TPSA) is 64.3 Å². The lowest BCUT2D eigenvalue weighted by molar-refractivity contribution is 0.149. The van der Waals surface area contributed by atoms with Crippen LogP contribution in [0.5, 0.6) is 5.75 Å². The molecule has 100 valence electrons. The van der Waals surface area contributed by atoms with Gasteiger partial charge >= 0.3 is 0 Å². The van der Waals surface area contributed by atoms with Crippen LogP contribution in [0.2, 0.25) is 0 Å². The van der Waals surface area contributed by atoms with Crippen LogP contribution in [0.25, 0.3) is 0 Å². The van der Waals surface area contributed by atoms with E-state index in [9.17, 15) is 9.90 Å². The lowest BCUT2D eigenvalue weighted by Gasteiger charge is -2.13. The molecule has 0 aliphatic carbocycles. The molecule has 0 bridgehead atoms. The zero-order valence-corrected chi connectivity index (χ0v) is 10.9. The summed E-state index contributed by atoms with van der Waals surface area (Å²) in [5.74, 6) is 0.667. The van der Waals surface area contributed by atoms with Crippen molar-refractivity contribution in [2.45, 2.75) is 19.6 Å². The predicted octanol–water partition coefficient (Wildman–Crippen LogP) is 1.29. The second-order valence-corrected chi connectivity index (χ2v) is 4.35. The molecule has 0 amide bonds. The first-order valence-electron chi connectivity index (χ1n) is 5.96. The van der Waals surface area contributed by atoms with Gasteiger partial charge < -0.3 is 9.84 Å². The minimum Gasteiger partial charge on any atom is -0.497 e. The van der Waals surface area contributed by atoms with Gasteiger partial charge in [-0.05, 0) is 30.2 Å². The van der Waals surface area contributed by atoms with Crippen LogP contribution in [0.3, 0.4) is 0 Å². The summed E-state index contributed by atoms with van der Waals surface area (Å²) in [6, 6.07) is 8.61.